The number of carbonyl (C=O) groups excluding carboxylic acids is 1. The van der Waals surface area contributed by atoms with Gasteiger partial charge in [0, 0.05) is 13.1 Å². The first-order valence-corrected chi connectivity index (χ1v) is 6.34. The Morgan fingerprint density at radius 1 is 1.25 bits per heavy atom. The summed E-state index contributed by atoms with van der Waals surface area (Å²) in [6.07, 6.45) is 4.07. The van der Waals surface area contributed by atoms with E-state index in [4.69, 9.17) is 4.74 Å². The lowest BCUT2D eigenvalue weighted by Crippen LogP contribution is -2.51. The van der Waals surface area contributed by atoms with Crippen molar-refractivity contribution in [3.05, 3.63) is 36.3 Å². The number of nitrogens with zero attached hydrogens (tertiary/aromatic N) is 4. The molecule has 0 atom stereocenters. The van der Waals surface area contributed by atoms with Crippen LogP contribution in [0.25, 0.3) is 11.4 Å². The molecule has 0 unspecified atom stereocenters. The Morgan fingerprint density at radius 2 is 2.10 bits per heavy atom. The summed E-state index contributed by atoms with van der Waals surface area (Å²) < 4.78 is 5.73. The number of pyridine rings is 1. The van der Waals surface area contributed by atoms with Gasteiger partial charge in [-0.3, -0.25) is 14.7 Å². The molecular weight excluding hydrogens is 256 g/mol. The van der Waals surface area contributed by atoms with Gasteiger partial charge in [0.2, 0.25) is 5.88 Å². The van der Waals surface area contributed by atoms with Crippen molar-refractivity contribution in [2.75, 3.05) is 20.1 Å². The summed E-state index contributed by atoms with van der Waals surface area (Å²) in [6, 6.07) is 5.20. The molecule has 0 N–H and O–H groups in total. The molecule has 1 fully saturated rings. The summed E-state index contributed by atoms with van der Waals surface area (Å²) in [5.74, 6) is 0.485. The van der Waals surface area contributed by atoms with Gasteiger partial charge >= 0.3 is 0 Å². The molecule has 1 saturated heterocycles. The van der Waals surface area contributed by atoms with Gasteiger partial charge in [0.25, 0.3) is 0 Å². The van der Waals surface area contributed by atoms with Gasteiger partial charge in [-0.05, 0) is 19.2 Å². The van der Waals surface area contributed by atoms with Crippen molar-refractivity contribution in [3.8, 4) is 17.3 Å². The summed E-state index contributed by atoms with van der Waals surface area (Å²) in [4.78, 5) is 25.6. The Morgan fingerprint density at radius 3 is 2.85 bits per heavy atom. The van der Waals surface area contributed by atoms with E-state index in [1.807, 2.05) is 7.05 Å². The number of carbonyl (C=O) groups is 1. The molecule has 6 heteroatoms. The van der Waals surface area contributed by atoms with Crippen LogP contribution < -0.4 is 4.74 Å². The molecule has 2 aromatic rings. The third kappa shape index (κ3) is 2.65. The second kappa shape index (κ2) is 5.34. The maximum atomic E-state index is 10.8. The largest absolute Gasteiger partial charge is 0.471 e. The van der Waals surface area contributed by atoms with Gasteiger partial charge in [0.1, 0.15) is 17.5 Å². The molecule has 3 heterocycles. The Bertz CT molecular complexity index is 626. The molecule has 1 aliphatic rings. The van der Waals surface area contributed by atoms with Gasteiger partial charge in [-0.1, -0.05) is 6.07 Å². The molecule has 2 aromatic heterocycles. The highest BCUT2D eigenvalue weighted by molar-refractivity contribution is 5.73. The number of hydrogen-bond acceptors (Lipinski definition) is 6. The van der Waals surface area contributed by atoms with E-state index in [0.717, 1.165) is 13.1 Å². The predicted molar refractivity (Wildman–Crippen MR) is 72.6 cm³/mol. The molecular formula is C14H14N4O2. The fraction of sp³-hybridized carbons (Fsp3) is 0.286. The number of rotatable bonds is 4. The van der Waals surface area contributed by atoms with Crippen molar-refractivity contribution in [1.82, 2.24) is 19.9 Å². The van der Waals surface area contributed by atoms with Crippen LogP contribution in [0, 0.1) is 0 Å². The Kier molecular flexibility index (Phi) is 3.39. The maximum absolute atomic E-state index is 10.8. The molecule has 0 aliphatic carbocycles. The average Bonchev–Trinajstić information content (AvgIpc) is 2.46. The monoisotopic (exact) mass is 270 g/mol. The fourth-order valence-electron chi connectivity index (χ4n) is 2.08. The van der Waals surface area contributed by atoms with Crippen LogP contribution in [-0.2, 0) is 0 Å². The van der Waals surface area contributed by atoms with Gasteiger partial charge in [-0.15, -0.1) is 0 Å². The Balaban J connectivity index is 1.81. The van der Waals surface area contributed by atoms with Crippen molar-refractivity contribution in [2.24, 2.45) is 0 Å². The second-order valence-corrected chi connectivity index (χ2v) is 4.77. The Hall–Kier alpha value is -2.34. The summed E-state index contributed by atoms with van der Waals surface area (Å²) >= 11 is 0. The molecule has 102 valence electrons. The van der Waals surface area contributed by atoms with Gasteiger partial charge in [-0.2, -0.15) is 0 Å². The Labute approximate surface area is 116 Å². The van der Waals surface area contributed by atoms with E-state index in [1.54, 1.807) is 30.6 Å². The zero-order valence-electron chi connectivity index (χ0n) is 11.1. The van der Waals surface area contributed by atoms with Gasteiger partial charge in [-0.25, -0.2) is 9.97 Å². The van der Waals surface area contributed by atoms with Gasteiger partial charge in [0.05, 0.1) is 18.1 Å². The third-order valence-corrected chi connectivity index (χ3v) is 3.08. The van der Waals surface area contributed by atoms with Crippen LogP contribution in [0.2, 0.25) is 0 Å². The smallest absolute Gasteiger partial charge is 0.233 e. The fourth-order valence-corrected chi connectivity index (χ4v) is 2.08. The highest BCUT2D eigenvalue weighted by atomic mass is 16.5. The van der Waals surface area contributed by atoms with E-state index in [9.17, 15) is 4.79 Å². The molecule has 1 aliphatic heterocycles. The lowest BCUT2D eigenvalue weighted by molar-refractivity contribution is 0.0353. The highest BCUT2D eigenvalue weighted by Crippen LogP contribution is 2.19. The van der Waals surface area contributed by atoms with E-state index < -0.39 is 0 Å². The van der Waals surface area contributed by atoms with E-state index in [0.29, 0.717) is 29.2 Å². The van der Waals surface area contributed by atoms with E-state index in [2.05, 4.69) is 19.9 Å². The molecule has 0 bridgehead atoms. The first-order chi connectivity index (χ1) is 9.74. The molecule has 6 nitrogen and oxygen atoms in total. The third-order valence-electron chi connectivity index (χ3n) is 3.08. The number of aromatic nitrogens is 3. The maximum Gasteiger partial charge on any atom is 0.233 e. The molecule has 0 amide bonds. The average molecular weight is 270 g/mol. The number of aldehydes is 1. The van der Waals surface area contributed by atoms with Crippen LogP contribution in [0.5, 0.6) is 5.88 Å². The van der Waals surface area contributed by atoms with E-state index in [-0.39, 0.29) is 6.10 Å². The van der Waals surface area contributed by atoms with Crippen LogP contribution in [0.1, 0.15) is 10.5 Å². The van der Waals surface area contributed by atoms with Crippen LogP contribution >= 0.6 is 0 Å². The topological polar surface area (TPSA) is 68.2 Å². The first kappa shape index (κ1) is 12.7. The van der Waals surface area contributed by atoms with Gasteiger partial charge in [0.15, 0.2) is 6.29 Å². The quantitative estimate of drug-likeness (QED) is 0.773. The van der Waals surface area contributed by atoms with Gasteiger partial charge < -0.3 is 4.74 Å². The molecule has 0 saturated carbocycles. The predicted octanol–water partition coefficient (Wildman–Crippen LogP) is 1.04. The minimum atomic E-state index is 0.166. The molecule has 20 heavy (non-hydrogen) atoms. The molecule has 0 spiro atoms. The number of likely N-dealkylation sites (tertiary alicyclic amines) is 1. The standard InChI is InChI=1S/C14H14N4O2/c1-18-7-11(8-18)20-14-6-15-5-13(17-14)12-4-2-3-10(9-19)16-12/h2-6,9,11H,7-8H2,1H3. The van der Waals surface area contributed by atoms with E-state index >= 15 is 0 Å². The summed E-state index contributed by atoms with van der Waals surface area (Å²) in [7, 11) is 2.04. The number of likely N-dealkylation sites (N-methyl/N-ethyl adjacent to an activating group) is 1. The summed E-state index contributed by atoms with van der Waals surface area (Å²) in [5, 5.41) is 0. The normalized spacial score (nSPS) is 15.7. The first-order valence-electron chi connectivity index (χ1n) is 6.34. The SMILES string of the molecule is CN1CC(Oc2cncc(-c3cccc(C=O)n3)n2)C1. The van der Waals surface area contributed by atoms with Crippen molar-refractivity contribution in [1.29, 1.82) is 0 Å². The van der Waals surface area contributed by atoms with Crippen LogP contribution in [0.4, 0.5) is 0 Å². The number of ether oxygens (including phenoxy) is 1. The van der Waals surface area contributed by atoms with Crippen LogP contribution in [0.15, 0.2) is 30.6 Å². The summed E-state index contributed by atoms with van der Waals surface area (Å²) in [5.41, 5.74) is 1.58. The summed E-state index contributed by atoms with van der Waals surface area (Å²) in [6.45, 7) is 1.79. The highest BCUT2D eigenvalue weighted by Gasteiger charge is 2.25. The minimum Gasteiger partial charge on any atom is -0.471 e. The molecule has 3 rings (SSSR count). The minimum absolute atomic E-state index is 0.166. The lowest BCUT2D eigenvalue weighted by Gasteiger charge is -2.35. The lowest BCUT2D eigenvalue weighted by atomic mass is 10.2. The van der Waals surface area contributed by atoms with E-state index in [1.165, 1.54) is 0 Å². The molecule has 0 aromatic carbocycles. The van der Waals surface area contributed by atoms with Crippen molar-refractivity contribution in [3.63, 3.8) is 0 Å². The molecule has 0 radical (unpaired) electrons. The van der Waals surface area contributed by atoms with Crippen molar-refractivity contribution < 1.29 is 9.53 Å². The van der Waals surface area contributed by atoms with Crippen molar-refractivity contribution in [2.45, 2.75) is 6.10 Å². The van der Waals surface area contributed by atoms with Crippen LogP contribution in [-0.4, -0.2) is 52.4 Å². The zero-order valence-corrected chi connectivity index (χ0v) is 11.1. The van der Waals surface area contributed by atoms with Crippen molar-refractivity contribution >= 4 is 6.29 Å². The zero-order chi connectivity index (χ0) is 13.9. The number of hydrogen-bond donors (Lipinski definition) is 0. The van der Waals surface area contributed by atoms with Crippen LogP contribution in [0.3, 0.4) is 0 Å². The second-order valence-electron chi connectivity index (χ2n) is 4.77.